The Hall–Kier alpha value is -1.45. The zero-order valence-corrected chi connectivity index (χ0v) is 12.4. The van der Waals surface area contributed by atoms with E-state index in [1.165, 1.54) is 10.9 Å². The predicted octanol–water partition coefficient (Wildman–Crippen LogP) is -0.501. The number of piperazine rings is 1. The van der Waals surface area contributed by atoms with Gasteiger partial charge in [0.1, 0.15) is 11.2 Å². The molecule has 0 radical (unpaired) electrons. The highest BCUT2D eigenvalue weighted by molar-refractivity contribution is 7.89. The lowest BCUT2D eigenvalue weighted by Gasteiger charge is -2.31. The summed E-state index contributed by atoms with van der Waals surface area (Å²) in [6, 6.07) is -0.948. The van der Waals surface area contributed by atoms with Crippen LogP contribution < -0.4 is 5.32 Å². The molecule has 8 nitrogen and oxygen atoms in total. The van der Waals surface area contributed by atoms with Crippen LogP contribution >= 0.6 is 11.6 Å². The molecule has 1 aliphatic rings. The molecule has 0 aromatic carbocycles. The molecule has 1 unspecified atom stereocenters. The lowest BCUT2D eigenvalue weighted by molar-refractivity contribution is -0.137. The van der Waals surface area contributed by atoms with Crippen LogP contribution in [0.1, 0.15) is 13.3 Å². The third kappa shape index (κ3) is 2.32. The number of rotatable bonds is 3. The van der Waals surface area contributed by atoms with Gasteiger partial charge in [-0.3, -0.25) is 14.9 Å². The Labute approximate surface area is 120 Å². The molecule has 1 saturated heterocycles. The SMILES string of the molecule is CCC1C(=O)NC(=O)CN1S(=O)(=O)c1ncn(C)c1Cl. The van der Waals surface area contributed by atoms with E-state index < -0.39 is 34.4 Å². The molecule has 0 aliphatic carbocycles. The summed E-state index contributed by atoms with van der Waals surface area (Å²) in [6.45, 7) is 1.22. The Morgan fingerprint density at radius 3 is 2.65 bits per heavy atom. The lowest BCUT2D eigenvalue weighted by atomic mass is 10.2. The monoisotopic (exact) mass is 320 g/mol. The van der Waals surface area contributed by atoms with Crippen LogP contribution in [-0.2, 0) is 26.7 Å². The van der Waals surface area contributed by atoms with E-state index in [4.69, 9.17) is 11.6 Å². The van der Waals surface area contributed by atoms with Gasteiger partial charge in [0.15, 0.2) is 0 Å². The molecule has 1 N–H and O–H groups in total. The molecule has 1 aliphatic heterocycles. The van der Waals surface area contributed by atoms with Gasteiger partial charge >= 0.3 is 0 Å². The van der Waals surface area contributed by atoms with Gasteiger partial charge in [0, 0.05) is 7.05 Å². The molecule has 1 aromatic heterocycles. The highest BCUT2D eigenvalue weighted by Crippen LogP contribution is 2.25. The second-order valence-electron chi connectivity index (χ2n) is 4.34. The summed E-state index contributed by atoms with van der Waals surface area (Å²) >= 11 is 5.89. The van der Waals surface area contributed by atoms with Gasteiger partial charge < -0.3 is 4.57 Å². The minimum Gasteiger partial charge on any atom is -0.324 e. The first-order valence-corrected chi connectivity index (χ1v) is 7.63. The van der Waals surface area contributed by atoms with Gasteiger partial charge in [0.25, 0.3) is 10.0 Å². The summed E-state index contributed by atoms with van der Waals surface area (Å²) in [6.07, 6.45) is 1.49. The smallest absolute Gasteiger partial charge is 0.264 e. The van der Waals surface area contributed by atoms with Crippen LogP contribution in [0.4, 0.5) is 0 Å². The Bertz CT molecular complexity index is 669. The second kappa shape index (κ2) is 5.15. The molecular weight excluding hydrogens is 308 g/mol. The number of carbonyl (C=O) groups excluding carboxylic acids is 2. The van der Waals surface area contributed by atoms with Crippen molar-refractivity contribution in [3.05, 3.63) is 11.5 Å². The van der Waals surface area contributed by atoms with E-state index in [-0.39, 0.29) is 16.6 Å². The number of aromatic nitrogens is 2. The van der Waals surface area contributed by atoms with E-state index in [1.807, 2.05) is 0 Å². The first-order valence-electron chi connectivity index (χ1n) is 5.81. The first kappa shape index (κ1) is 14.9. The maximum Gasteiger partial charge on any atom is 0.264 e. The molecule has 2 rings (SSSR count). The van der Waals surface area contributed by atoms with Crippen LogP contribution in [0, 0.1) is 0 Å². The van der Waals surface area contributed by atoms with Crippen molar-refractivity contribution < 1.29 is 18.0 Å². The van der Waals surface area contributed by atoms with Gasteiger partial charge in [-0.05, 0) is 6.42 Å². The average molecular weight is 321 g/mol. The summed E-state index contributed by atoms with van der Waals surface area (Å²) < 4.78 is 27.2. The largest absolute Gasteiger partial charge is 0.324 e. The van der Waals surface area contributed by atoms with E-state index in [0.717, 1.165) is 4.31 Å². The summed E-state index contributed by atoms with van der Waals surface area (Å²) in [5.74, 6) is -1.31. The molecule has 1 atom stereocenters. The molecule has 2 amide bonds. The fraction of sp³-hybridized carbons (Fsp3) is 0.500. The highest BCUT2D eigenvalue weighted by atomic mass is 35.5. The van der Waals surface area contributed by atoms with E-state index in [1.54, 1.807) is 14.0 Å². The van der Waals surface area contributed by atoms with Crippen molar-refractivity contribution in [3.63, 3.8) is 0 Å². The maximum atomic E-state index is 12.5. The first-order chi connectivity index (χ1) is 9.28. The summed E-state index contributed by atoms with van der Waals surface area (Å²) in [5.41, 5.74) is 0. The molecule has 1 aromatic rings. The Morgan fingerprint density at radius 2 is 2.15 bits per heavy atom. The normalized spacial score (nSPS) is 21.1. The third-order valence-corrected chi connectivity index (χ3v) is 5.33. The number of nitrogens with zero attached hydrogens (tertiary/aromatic N) is 3. The molecule has 10 heteroatoms. The number of hydrogen-bond donors (Lipinski definition) is 1. The summed E-state index contributed by atoms with van der Waals surface area (Å²) in [7, 11) is -2.57. The van der Waals surface area contributed by atoms with Gasteiger partial charge in [-0.1, -0.05) is 18.5 Å². The van der Waals surface area contributed by atoms with Crippen molar-refractivity contribution in [2.45, 2.75) is 24.4 Å². The number of imide groups is 1. The lowest BCUT2D eigenvalue weighted by Crippen LogP contribution is -2.59. The fourth-order valence-corrected chi connectivity index (χ4v) is 3.97. The number of halogens is 1. The number of imidazole rings is 1. The number of aryl methyl sites for hydroxylation is 1. The number of hydrogen-bond acceptors (Lipinski definition) is 5. The number of amides is 2. The predicted molar refractivity (Wildman–Crippen MR) is 69.3 cm³/mol. The zero-order chi connectivity index (χ0) is 15.1. The summed E-state index contributed by atoms with van der Waals surface area (Å²) in [5, 5.41) is 1.68. The average Bonchev–Trinajstić information content (AvgIpc) is 2.69. The molecule has 0 saturated carbocycles. The number of nitrogens with one attached hydrogen (secondary N) is 1. The molecule has 1 fully saturated rings. The van der Waals surface area contributed by atoms with Crippen molar-refractivity contribution in [2.24, 2.45) is 7.05 Å². The molecule has 0 bridgehead atoms. The van der Waals surface area contributed by atoms with Crippen LogP contribution in [0.5, 0.6) is 0 Å². The number of carbonyl (C=O) groups is 2. The second-order valence-corrected chi connectivity index (χ2v) is 6.50. The van der Waals surface area contributed by atoms with Gasteiger partial charge in [-0.15, -0.1) is 0 Å². The van der Waals surface area contributed by atoms with E-state index in [2.05, 4.69) is 10.3 Å². The number of sulfonamides is 1. The molecule has 2 heterocycles. The molecular formula is C10H13ClN4O4S. The Morgan fingerprint density at radius 1 is 1.50 bits per heavy atom. The maximum absolute atomic E-state index is 12.5. The van der Waals surface area contributed by atoms with E-state index in [0.29, 0.717) is 0 Å². The van der Waals surface area contributed by atoms with E-state index >= 15 is 0 Å². The highest BCUT2D eigenvalue weighted by Gasteiger charge is 2.42. The van der Waals surface area contributed by atoms with Crippen molar-refractivity contribution >= 4 is 33.4 Å². The van der Waals surface area contributed by atoms with E-state index in [9.17, 15) is 18.0 Å². The quantitative estimate of drug-likeness (QED) is 0.756. The van der Waals surface area contributed by atoms with Crippen molar-refractivity contribution in [3.8, 4) is 0 Å². The Kier molecular flexibility index (Phi) is 3.85. The molecule has 110 valence electrons. The minimum absolute atomic E-state index is 0.0710. The van der Waals surface area contributed by atoms with Gasteiger partial charge in [-0.2, -0.15) is 4.31 Å². The van der Waals surface area contributed by atoms with Crippen LogP contribution in [0.3, 0.4) is 0 Å². The third-order valence-electron chi connectivity index (χ3n) is 2.99. The minimum atomic E-state index is -4.11. The van der Waals surface area contributed by atoms with Crippen molar-refractivity contribution in [1.82, 2.24) is 19.2 Å². The molecule has 20 heavy (non-hydrogen) atoms. The zero-order valence-electron chi connectivity index (χ0n) is 10.8. The Balaban J connectivity index is 2.49. The summed E-state index contributed by atoms with van der Waals surface area (Å²) in [4.78, 5) is 26.9. The van der Waals surface area contributed by atoms with Crippen LogP contribution in [0.2, 0.25) is 5.15 Å². The van der Waals surface area contributed by atoms with Crippen LogP contribution in [0.15, 0.2) is 11.4 Å². The molecule has 0 spiro atoms. The van der Waals surface area contributed by atoms with Crippen molar-refractivity contribution in [1.29, 1.82) is 0 Å². The van der Waals surface area contributed by atoms with Crippen LogP contribution in [-0.4, -0.2) is 46.7 Å². The van der Waals surface area contributed by atoms with Gasteiger partial charge in [0.05, 0.1) is 12.9 Å². The standard InChI is InChI=1S/C10H13ClN4O4S/c1-3-6-9(17)13-7(16)4-15(6)20(18,19)10-8(11)14(2)5-12-10/h5-6H,3-4H2,1-2H3,(H,13,16,17). The van der Waals surface area contributed by atoms with Crippen molar-refractivity contribution in [2.75, 3.05) is 6.54 Å². The van der Waals surface area contributed by atoms with Gasteiger partial charge in [0.2, 0.25) is 16.8 Å². The van der Waals surface area contributed by atoms with Gasteiger partial charge in [-0.25, -0.2) is 13.4 Å². The fourth-order valence-electron chi connectivity index (χ4n) is 1.96. The van der Waals surface area contributed by atoms with Crippen LogP contribution in [0.25, 0.3) is 0 Å². The topological polar surface area (TPSA) is 101 Å².